The minimum Gasteiger partial charge on any atom is -0.338 e. The molecule has 1 saturated carbocycles. The average Bonchev–Trinajstić information content (AvgIpc) is 2.61. The summed E-state index contributed by atoms with van der Waals surface area (Å²) in [5, 5.41) is 7.28. The van der Waals surface area contributed by atoms with Crippen molar-refractivity contribution in [3.63, 3.8) is 0 Å². The van der Waals surface area contributed by atoms with Crippen LogP contribution in [0, 0.1) is 0 Å². The molecule has 0 bridgehead atoms. The van der Waals surface area contributed by atoms with Crippen molar-refractivity contribution in [3.8, 4) is 0 Å². The number of nitrogens with zero attached hydrogens (tertiary/aromatic N) is 2. The maximum absolute atomic E-state index is 5.21. The first kappa shape index (κ1) is 7.50. The molecule has 1 aliphatic heterocycles. The van der Waals surface area contributed by atoms with E-state index >= 15 is 0 Å². The first-order valence-corrected chi connectivity index (χ1v) is 4.85. The number of rotatable bonds is 2. The molecule has 70 valence electrons. The van der Waals surface area contributed by atoms with Gasteiger partial charge in [-0.15, -0.1) is 0 Å². The topological polar surface area (TPSA) is 51.0 Å². The lowest BCUT2D eigenvalue weighted by Gasteiger charge is -2.23. The molecular formula is C9H13N3O. The fourth-order valence-corrected chi connectivity index (χ4v) is 1.53. The van der Waals surface area contributed by atoms with Crippen LogP contribution in [0.1, 0.15) is 43.9 Å². The normalized spacial score (nSPS) is 29.8. The summed E-state index contributed by atoms with van der Waals surface area (Å²) in [6.45, 7) is 3.26. The molecule has 13 heavy (non-hydrogen) atoms. The second-order valence-corrected chi connectivity index (χ2v) is 4.31. The second kappa shape index (κ2) is 2.32. The predicted octanol–water partition coefficient (Wildman–Crippen LogP) is 1.16. The van der Waals surface area contributed by atoms with E-state index < -0.39 is 0 Å². The molecule has 0 amide bonds. The van der Waals surface area contributed by atoms with Crippen molar-refractivity contribution in [1.29, 1.82) is 0 Å². The minimum atomic E-state index is 0.228. The quantitative estimate of drug-likeness (QED) is 0.740. The van der Waals surface area contributed by atoms with Gasteiger partial charge < -0.3 is 9.84 Å². The number of hydrogen-bond donors (Lipinski definition) is 1. The van der Waals surface area contributed by atoms with Gasteiger partial charge in [0.2, 0.25) is 5.89 Å². The van der Waals surface area contributed by atoms with Crippen LogP contribution < -0.4 is 5.32 Å². The third kappa shape index (κ3) is 1.09. The summed E-state index contributed by atoms with van der Waals surface area (Å²) in [6, 6.07) is 0.323. The molecule has 0 spiro atoms. The molecule has 1 N–H and O–H groups in total. The smallest absolute Gasteiger partial charge is 0.243 e. The molecule has 0 aromatic carbocycles. The molecule has 0 radical (unpaired) electrons. The van der Waals surface area contributed by atoms with E-state index in [0.29, 0.717) is 6.04 Å². The van der Waals surface area contributed by atoms with E-state index in [4.69, 9.17) is 4.52 Å². The highest BCUT2D eigenvalue weighted by Gasteiger charge is 2.44. The molecule has 2 aliphatic rings. The number of nitrogens with one attached hydrogen (secondary N) is 1. The van der Waals surface area contributed by atoms with E-state index in [2.05, 4.69) is 22.4 Å². The summed E-state index contributed by atoms with van der Waals surface area (Å²) >= 11 is 0. The van der Waals surface area contributed by atoms with Gasteiger partial charge in [-0.05, 0) is 25.8 Å². The fraction of sp³-hybridized carbons (Fsp3) is 0.778. The van der Waals surface area contributed by atoms with E-state index in [-0.39, 0.29) is 5.41 Å². The maximum atomic E-state index is 5.21. The highest BCUT2D eigenvalue weighted by atomic mass is 16.5. The van der Waals surface area contributed by atoms with E-state index in [1.807, 2.05) is 0 Å². The first-order valence-electron chi connectivity index (χ1n) is 4.85. The summed E-state index contributed by atoms with van der Waals surface area (Å²) < 4.78 is 5.21. The van der Waals surface area contributed by atoms with Gasteiger partial charge in [0.15, 0.2) is 5.82 Å². The zero-order valence-electron chi connectivity index (χ0n) is 7.71. The van der Waals surface area contributed by atoms with Crippen molar-refractivity contribution >= 4 is 0 Å². The van der Waals surface area contributed by atoms with Crippen LogP contribution in [0.25, 0.3) is 0 Å². The van der Waals surface area contributed by atoms with Gasteiger partial charge >= 0.3 is 0 Å². The minimum absolute atomic E-state index is 0.228. The Morgan fingerprint density at radius 1 is 1.54 bits per heavy atom. The SMILES string of the molecule is CC1(c2noc(C3CCN3)n2)CC1. The van der Waals surface area contributed by atoms with Gasteiger partial charge in [-0.3, -0.25) is 0 Å². The monoisotopic (exact) mass is 179 g/mol. The van der Waals surface area contributed by atoms with Crippen LogP contribution in [0.15, 0.2) is 4.52 Å². The lowest BCUT2D eigenvalue weighted by atomic mass is 10.1. The van der Waals surface area contributed by atoms with Crippen molar-refractivity contribution < 1.29 is 4.52 Å². The predicted molar refractivity (Wildman–Crippen MR) is 46.2 cm³/mol. The van der Waals surface area contributed by atoms with E-state index in [0.717, 1.165) is 24.7 Å². The van der Waals surface area contributed by atoms with Crippen molar-refractivity contribution in [2.75, 3.05) is 6.54 Å². The van der Waals surface area contributed by atoms with Gasteiger partial charge in [-0.25, -0.2) is 0 Å². The Hall–Kier alpha value is -0.900. The molecule has 4 nitrogen and oxygen atoms in total. The highest BCUT2D eigenvalue weighted by Crippen LogP contribution is 2.46. The standard InChI is InChI=1S/C9H13N3O/c1-9(3-4-9)8-11-7(13-12-8)6-2-5-10-6/h6,10H,2-5H2,1H3. The zero-order valence-corrected chi connectivity index (χ0v) is 7.71. The van der Waals surface area contributed by atoms with Gasteiger partial charge in [0.1, 0.15) is 0 Å². The molecule has 1 aromatic heterocycles. The van der Waals surface area contributed by atoms with Crippen LogP contribution in [0.3, 0.4) is 0 Å². The summed E-state index contributed by atoms with van der Waals surface area (Å²) in [7, 11) is 0. The van der Waals surface area contributed by atoms with Crippen molar-refractivity contribution in [3.05, 3.63) is 11.7 Å². The zero-order chi connectivity index (χ0) is 8.89. The van der Waals surface area contributed by atoms with Crippen LogP contribution in [0.2, 0.25) is 0 Å². The van der Waals surface area contributed by atoms with Gasteiger partial charge in [0.25, 0.3) is 0 Å². The molecule has 1 atom stereocenters. The van der Waals surface area contributed by atoms with Crippen molar-refractivity contribution in [2.24, 2.45) is 0 Å². The highest BCUT2D eigenvalue weighted by molar-refractivity contribution is 5.15. The maximum Gasteiger partial charge on any atom is 0.243 e. The van der Waals surface area contributed by atoms with Crippen LogP contribution in [-0.2, 0) is 5.41 Å². The molecule has 1 aliphatic carbocycles. The van der Waals surface area contributed by atoms with Gasteiger partial charge in [0.05, 0.1) is 6.04 Å². The van der Waals surface area contributed by atoms with Crippen molar-refractivity contribution in [1.82, 2.24) is 15.5 Å². The molecule has 2 heterocycles. The van der Waals surface area contributed by atoms with Crippen LogP contribution in [0.4, 0.5) is 0 Å². The lowest BCUT2D eigenvalue weighted by Crippen LogP contribution is -2.35. The Balaban J connectivity index is 1.85. The van der Waals surface area contributed by atoms with Crippen LogP contribution in [0.5, 0.6) is 0 Å². The molecular weight excluding hydrogens is 166 g/mol. The van der Waals surface area contributed by atoms with Gasteiger partial charge in [-0.1, -0.05) is 12.1 Å². The first-order chi connectivity index (χ1) is 6.28. The Morgan fingerprint density at radius 3 is 2.85 bits per heavy atom. The lowest BCUT2D eigenvalue weighted by molar-refractivity contribution is 0.272. The van der Waals surface area contributed by atoms with E-state index in [1.165, 1.54) is 12.8 Å². The molecule has 1 unspecified atom stereocenters. The molecule has 4 heteroatoms. The van der Waals surface area contributed by atoms with Gasteiger partial charge in [0, 0.05) is 5.41 Å². The summed E-state index contributed by atoms with van der Waals surface area (Å²) in [5.74, 6) is 1.67. The third-order valence-corrected chi connectivity index (χ3v) is 3.10. The number of hydrogen-bond acceptors (Lipinski definition) is 4. The molecule has 3 rings (SSSR count). The Kier molecular flexibility index (Phi) is 1.34. The molecule has 1 saturated heterocycles. The summed E-state index contributed by atoms with van der Waals surface area (Å²) in [4.78, 5) is 4.43. The average molecular weight is 179 g/mol. The Bertz CT molecular complexity index is 325. The van der Waals surface area contributed by atoms with E-state index in [9.17, 15) is 0 Å². The molecule has 1 aromatic rings. The largest absolute Gasteiger partial charge is 0.338 e. The van der Waals surface area contributed by atoms with Crippen LogP contribution in [-0.4, -0.2) is 16.7 Å². The Morgan fingerprint density at radius 2 is 2.31 bits per heavy atom. The Labute approximate surface area is 76.7 Å². The van der Waals surface area contributed by atoms with E-state index in [1.54, 1.807) is 0 Å². The summed E-state index contributed by atoms with van der Waals surface area (Å²) in [5.41, 5.74) is 0.228. The number of aromatic nitrogens is 2. The summed E-state index contributed by atoms with van der Waals surface area (Å²) in [6.07, 6.45) is 3.52. The fourth-order valence-electron chi connectivity index (χ4n) is 1.53. The second-order valence-electron chi connectivity index (χ2n) is 4.31. The third-order valence-electron chi connectivity index (χ3n) is 3.10. The van der Waals surface area contributed by atoms with Crippen molar-refractivity contribution in [2.45, 2.75) is 37.6 Å². The molecule has 2 fully saturated rings. The van der Waals surface area contributed by atoms with Gasteiger partial charge in [-0.2, -0.15) is 4.98 Å². The van der Waals surface area contributed by atoms with Crippen LogP contribution >= 0.6 is 0 Å².